The van der Waals surface area contributed by atoms with Gasteiger partial charge in [0.1, 0.15) is 11.6 Å². The maximum absolute atomic E-state index is 13.3. The van der Waals surface area contributed by atoms with E-state index in [1.165, 1.54) is 0 Å². The lowest BCUT2D eigenvalue weighted by Crippen LogP contribution is -2.41. The first kappa shape index (κ1) is 13.6. The number of aliphatic hydroxyl groups excluding tert-OH is 1. The second-order valence-electron chi connectivity index (χ2n) is 4.13. The van der Waals surface area contributed by atoms with E-state index in [2.05, 4.69) is 5.32 Å². The van der Waals surface area contributed by atoms with Gasteiger partial charge in [-0.1, -0.05) is 13.8 Å². The summed E-state index contributed by atoms with van der Waals surface area (Å²) in [4.78, 5) is 11.7. The minimum Gasteiger partial charge on any atom is -0.394 e. The summed E-state index contributed by atoms with van der Waals surface area (Å²) in [5, 5.41) is 11.5. The van der Waals surface area contributed by atoms with Gasteiger partial charge < -0.3 is 10.4 Å². The van der Waals surface area contributed by atoms with Crippen molar-refractivity contribution >= 4 is 5.91 Å². The van der Waals surface area contributed by atoms with Crippen molar-refractivity contribution in [3.8, 4) is 0 Å². The average molecular weight is 243 g/mol. The number of halogens is 2. The number of nitrogens with one attached hydrogen (secondary N) is 1. The number of aliphatic hydroxyl groups is 1. The molecule has 0 unspecified atom stereocenters. The molecular formula is C12H15F2NO2. The molecule has 2 N–H and O–H groups in total. The first-order valence-electron chi connectivity index (χ1n) is 5.32. The summed E-state index contributed by atoms with van der Waals surface area (Å²) in [5.74, 6) is -2.28. The number of carbonyl (C=O) groups excluding carboxylic acids is 1. The quantitative estimate of drug-likeness (QED) is 0.845. The van der Waals surface area contributed by atoms with E-state index in [0.29, 0.717) is 6.07 Å². The van der Waals surface area contributed by atoms with Crippen molar-refractivity contribution < 1.29 is 18.7 Å². The zero-order valence-electron chi connectivity index (χ0n) is 9.71. The molecule has 0 radical (unpaired) electrons. The lowest BCUT2D eigenvalue weighted by atomic mass is 10.0. The van der Waals surface area contributed by atoms with Crippen LogP contribution in [0.2, 0.25) is 0 Å². The second-order valence-corrected chi connectivity index (χ2v) is 4.13. The molecule has 1 amide bonds. The summed E-state index contributed by atoms with van der Waals surface area (Å²) in [5.41, 5.74) is -0.231. The first-order valence-corrected chi connectivity index (χ1v) is 5.32. The van der Waals surface area contributed by atoms with Crippen molar-refractivity contribution in [3.63, 3.8) is 0 Å². The van der Waals surface area contributed by atoms with Crippen LogP contribution < -0.4 is 5.32 Å². The van der Waals surface area contributed by atoms with Gasteiger partial charge in [0, 0.05) is 6.07 Å². The van der Waals surface area contributed by atoms with Gasteiger partial charge in [-0.3, -0.25) is 4.79 Å². The van der Waals surface area contributed by atoms with Crippen molar-refractivity contribution in [1.82, 2.24) is 5.32 Å². The Morgan fingerprint density at radius 1 is 1.41 bits per heavy atom. The van der Waals surface area contributed by atoms with Crippen molar-refractivity contribution in [3.05, 3.63) is 35.4 Å². The normalized spacial score (nSPS) is 12.6. The Labute approximate surface area is 98.5 Å². The highest BCUT2D eigenvalue weighted by atomic mass is 19.1. The van der Waals surface area contributed by atoms with E-state index >= 15 is 0 Å². The van der Waals surface area contributed by atoms with Gasteiger partial charge in [-0.2, -0.15) is 0 Å². The number of hydrogen-bond acceptors (Lipinski definition) is 2. The average Bonchev–Trinajstić information content (AvgIpc) is 2.24. The molecule has 0 aromatic heterocycles. The largest absolute Gasteiger partial charge is 0.394 e. The molecule has 0 aliphatic rings. The zero-order chi connectivity index (χ0) is 13.0. The monoisotopic (exact) mass is 243 g/mol. The minimum absolute atomic E-state index is 0.0208. The van der Waals surface area contributed by atoms with Crippen molar-refractivity contribution in [2.45, 2.75) is 19.9 Å². The molecule has 0 spiro atoms. The molecule has 0 saturated heterocycles. The summed E-state index contributed by atoms with van der Waals surface area (Å²) in [6.45, 7) is 3.41. The molecule has 1 atom stereocenters. The van der Waals surface area contributed by atoms with Gasteiger partial charge in [-0.05, 0) is 18.1 Å². The molecule has 0 bridgehead atoms. The molecule has 1 aromatic carbocycles. The van der Waals surface area contributed by atoms with Gasteiger partial charge in [0.15, 0.2) is 0 Å². The Balaban J connectivity index is 2.82. The maximum Gasteiger partial charge on any atom is 0.254 e. The third-order valence-corrected chi connectivity index (χ3v) is 2.49. The number of carbonyl (C=O) groups is 1. The Bertz CT molecular complexity index is 407. The number of benzene rings is 1. The lowest BCUT2D eigenvalue weighted by molar-refractivity contribution is 0.0892. The highest BCUT2D eigenvalue weighted by Gasteiger charge is 2.18. The number of hydrogen-bond donors (Lipinski definition) is 2. The Morgan fingerprint density at radius 3 is 2.53 bits per heavy atom. The maximum atomic E-state index is 13.3. The van der Waals surface area contributed by atoms with Crippen molar-refractivity contribution in [1.29, 1.82) is 0 Å². The number of rotatable bonds is 4. The molecule has 0 fully saturated rings. The third kappa shape index (κ3) is 3.49. The van der Waals surface area contributed by atoms with Crippen molar-refractivity contribution in [2.24, 2.45) is 5.92 Å². The molecule has 1 rings (SSSR count). The standard InChI is InChI=1S/C12H15F2NO2/c1-7(2)11(6-16)15-12(17)9-4-3-8(13)5-10(9)14/h3-5,7,11,16H,6H2,1-2H3,(H,15,17)/t11-/m1/s1. The van der Waals surface area contributed by atoms with Gasteiger partial charge >= 0.3 is 0 Å². The molecular weight excluding hydrogens is 228 g/mol. The van der Waals surface area contributed by atoms with Gasteiger partial charge in [-0.25, -0.2) is 8.78 Å². The SMILES string of the molecule is CC(C)[C@@H](CO)NC(=O)c1ccc(F)cc1F. The molecule has 17 heavy (non-hydrogen) atoms. The van der Waals surface area contributed by atoms with Gasteiger partial charge in [-0.15, -0.1) is 0 Å². The van der Waals surface area contributed by atoms with E-state index in [1.54, 1.807) is 0 Å². The smallest absolute Gasteiger partial charge is 0.254 e. The van der Waals surface area contributed by atoms with E-state index in [0.717, 1.165) is 12.1 Å². The lowest BCUT2D eigenvalue weighted by Gasteiger charge is -2.19. The van der Waals surface area contributed by atoms with Crippen LogP contribution in [0.3, 0.4) is 0 Å². The van der Waals surface area contributed by atoms with Gasteiger partial charge in [0.05, 0.1) is 18.2 Å². The predicted molar refractivity (Wildman–Crippen MR) is 59.5 cm³/mol. The second kappa shape index (κ2) is 5.72. The van der Waals surface area contributed by atoms with Crippen LogP contribution in [0.4, 0.5) is 8.78 Å². The molecule has 1 aromatic rings. The summed E-state index contributed by atoms with van der Waals surface area (Å²) >= 11 is 0. The van der Waals surface area contributed by atoms with E-state index in [4.69, 9.17) is 5.11 Å². The van der Waals surface area contributed by atoms with Gasteiger partial charge in [0.2, 0.25) is 0 Å². The molecule has 0 heterocycles. The fourth-order valence-corrected chi connectivity index (χ4v) is 1.34. The molecule has 0 aliphatic heterocycles. The van der Waals surface area contributed by atoms with Crippen LogP contribution in [0.15, 0.2) is 18.2 Å². The van der Waals surface area contributed by atoms with Crippen LogP contribution in [0.25, 0.3) is 0 Å². The van der Waals surface area contributed by atoms with E-state index in [9.17, 15) is 13.6 Å². The fraction of sp³-hybridized carbons (Fsp3) is 0.417. The molecule has 0 aliphatic carbocycles. The summed E-state index contributed by atoms with van der Waals surface area (Å²) < 4.78 is 25.9. The summed E-state index contributed by atoms with van der Waals surface area (Å²) in [7, 11) is 0. The van der Waals surface area contributed by atoms with Crippen LogP contribution in [-0.2, 0) is 0 Å². The van der Waals surface area contributed by atoms with Crippen LogP contribution in [-0.4, -0.2) is 23.7 Å². The van der Waals surface area contributed by atoms with Crippen LogP contribution in [0.1, 0.15) is 24.2 Å². The molecule has 94 valence electrons. The summed E-state index contributed by atoms with van der Waals surface area (Å²) in [6, 6.07) is 2.29. The Hall–Kier alpha value is -1.49. The van der Waals surface area contributed by atoms with Crippen LogP contribution in [0.5, 0.6) is 0 Å². The first-order chi connectivity index (χ1) is 7.95. The highest BCUT2D eigenvalue weighted by molar-refractivity contribution is 5.94. The van der Waals surface area contributed by atoms with Crippen LogP contribution in [0, 0.1) is 17.6 Å². The Kier molecular flexibility index (Phi) is 4.57. The molecule has 0 saturated carbocycles. The van der Waals surface area contributed by atoms with E-state index in [-0.39, 0.29) is 18.1 Å². The zero-order valence-corrected chi connectivity index (χ0v) is 9.71. The Morgan fingerprint density at radius 2 is 2.06 bits per heavy atom. The predicted octanol–water partition coefficient (Wildman–Crippen LogP) is 1.71. The molecule has 3 nitrogen and oxygen atoms in total. The van der Waals surface area contributed by atoms with E-state index in [1.807, 2.05) is 13.8 Å². The highest BCUT2D eigenvalue weighted by Crippen LogP contribution is 2.10. The fourth-order valence-electron chi connectivity index (χ4n) is 1.34. The van der Waals surface area contributed by atoms with Crippen molar-refractivity contribution in [2.75, 3.05) is 6.61 Å². The topological polar surface area (TPSA) is 49.3 Å². The summed E-state index contributed by atoms with van der Waals surface area (Å²) in [6.07, 6.45) is 0. The van der Waals surface area contributed by atoms with Crippen LogP contribution >= 0.6 is 0 Å². The van der Waals surface area contributed by atoms with Gasteiger partial charge in [0.25, 0.3) is 5.91 Å². The minimum atomic E-state index is -0.914. The molecule has 5 heteroatoms. The van der Waals surface area contributed by atoms with E-state index < -0.39 is 23.6 Å². The third-order valence-electron chi connectivity index (χ3n) is 2.49. The number of amides is 1.